The number of likely N-dealkylation sites (tertiary alicyclic amines) is 1. The average molecular weight is 612 g/mol. The zero-order valence-corrected chi connectivity index (χ0v) is 24.4. The number of aromatic nitrogens is 3. The Balaban J connectivity index is 1.25. The standard InChI is InChI=1S/C34H28F3N5O3/c1-44-34(43)22-8-9-30-31(16-22)42(13-12-41-10-3-11-41)32(39-30)17-24-15-28(37)25(18-27(24)36)29-4-2-5-33(40-29)45-20-23-7-6-21(19-38)14-26(23)35/h2,4-9,14-16,18H,3,10-13,17,20H2,1H3. The molecule has 0 saturated carbocycles. The van der Waals surface area contributed by atoms with E-state index in [1.807, 2.05) is 10.6 Å². The first-order chi connectivity index (χ1) is 21.8. The Kier molecular flexibility index (Phi) is 8.49. The number of methoxy groups -OCH3 is 1. The molecule has 6 rings (SSSR count). The third kappa shape index (κ3) is 6.37. The second-order valence-electron chi connectivity index (χ2n) is 10.7. The fourth-order valence-corrected chi connectivity index (χ4v) is 5.27. The number of pyridine rings is 1. The van der Waals surface area contributed by atoms with Crippen LogP contribution in [0.15, 0.2) is 66.7 Å². The molecule has 11 heteroatoms. The molecule has 1 aliphatic rings. The van der Waals surface area contributed by atoms with Crippen LogP contribution in [0.25, 0.3) is 22.3 Å². The van der Waals surface area contributed by atoms with Crippen molar-refractivity contribution >= 4 is 17.0 Å². The van der Waals surface area contributed by atoms with Crippen LogP contribution in [0.5, 0.6) is 5.88 Å². The van der Waals surface area contributed by atoms with Gasteiger partial charge >= 0.3 is 5.97 Å². The van der Waals surface area contributed by atoms with Gasteiger partial charge in [-0.3, -0.25) is 0 Å². The number of rotatable bonds is 10. The van der Waals surface area contributed by atoms with Crippen LogP contribution in [0, 0.1) is 28.8 Å². The van der Waals surface area contributed by atoms with Gasteiger partial charge in [-0.05, 0) is 73.6 Å². The number of carbonyl (C=O) groups is 1. The van der Waals surface area contributed by atoms with E-state index < -0.39 is 23.4 Å². The van der Waals surface area contributed by atoms with E-state index in [0.29, 0.717) is 29.0 Å². The smallest absolute Gasteiger partial charge is 0.337 e. The van der Waals surface area contributed by atoms with Gasteiger partial charge in [0.2, 0.25) is 5.88 Å². The highest BCUT2D eigenvalue weighted by Crippen LogP contribution is 2.28. The molecule has 3 heterocycles. The molecule has 0 spiro atoms. The van der Waals surface area contributed by atoms with E-state index in [9.17, 15) is 9.18 Å². The first-order valence-corrected chi connectivity index (χ1v) is 14.4. The van der Waals surface area contributed by atoms with Gasteiger partial charge in [0, 0.05) is 36.7 Å². The summed E-state index contributed by atoms with van der Waals surface area (Å²) in [5.74, 6) is -1.72. The fourth-order valence-electron chi connectivity index (χ4n) is 5.27. The Labute approximate surface area is 257 Å². The van der Waals surface area contributed by atoms with Crippen LogP contribution in [0.3, 0.4) is 0 Å². The lowest BCUT2D eigenvalue weighted by Crippen LogP contribution is -2.39. The molecular weight excluding hydrogens is 583 g/mol. The predicted octanol–water partition coefficient (Wildman–Crippen LogP) is 6.05. The number of fused-ring (bicyclic) bond motifs is 1. The average Bonchev–Trinajstić information content (AvgIpc) is 3.36. The van der Waals surface area contributed by atoms with Crippen LogP contribution in [-0.4, -0.2) is 52.1 Å². The minimum atomic E-state index is -0.676. The molecule has 0 bridgehead atoms. The van der Waals surface area contributed by atoms with Gasteiger partial charge in [-0.25, -0.2) is 27.9 Å². The number of imidazole rings is 1. The van der Waals surface area contributed by atoms with E-state index in [1.165, 1.54) is 31.4 Å². The summed E-state index contributed by atoms with van der Waals surface area (Å²) in [4.78, 5) is 23.5. The molecule has 8 nitrogen and oxygen atoms in total. The Morgan fingerprint density at radius 2 is 1.76 bits per heavy atom. The third-order valence-electron chi connectivity index (χ3n) is 7.88. The highest BCUT2D eigenvalue weighted by Gasteiger charge is 2.20. The van der Waals surface area contributed by atoms with Gasteiger partial charge in [-0.1, -0.05) is 12.1 Å². The Morgan fingerprint density at radius 1 is 0.933 bits per heavy atom. The SMILES string of the molecule is COC(=O)c1ccc2nc(Cc3cc(F)c(-c4cccc(OCc5ccc(C#N)cc5F)n4)cc3F)n(CCN3CCC3)c2c1. The van der Waals surface area contributed by atoms with E-state index in [1.54, 1.807) is 24.3 Å². The van der Waals surface area contributed by atoms with E-state index in [0.717, 1.165) is 44.3 Å². The highest BCUT2D eigenvalue weighted by atomic mass is 19.1. The van der Waals surface area contributed by atoms with Gasteiger partial charge in [0.15, 0.2) is 0 Å². The first kappa shape index (κ1) is 29.8. The zero-order chi connectivity index (χ0) is 31.5. The number of nitriles is 1. The molecule has 0 radical (unpaired) electrons. The normalized spacial score (nSPS) is 13.0. The summed E-state index contributed by atoms with van der Waals surface area (Å²) in [7, 11) is 1.32. The van der Waals surface area contributed by atoms with Gasteiger partial charge in [0.05, 0.1) is 41.0 Å². The maximum Gasteiger partial charge on any atom is 0.337 e. The van der Waals surface area contributed by atoms with Crippen molar-refractivity contribution in [1.82, 2.24) is 19.4 Å². The molecule has 0 amide bonds. The number of benzene rings is 3. The number of nitrogens with zero attached hydrogens (tertiary/aromatic N) is 5. The molecule has 3 aromatic carbocycles. The van der Waals surface area contributed by atoms with Gasteiger partial charge in [-0.15, -0.1) is 0 Å². The van der Waals surface area contributed by atoms with Gasteiger partial charge in [-0.2, -0.15) is 5.26 Å². The van der Waals surface area contributed by atoms with Crippen LogP contribution in [0.1, 0.15) is 39.3 Å². The molecule has 0 atom stereocenters. The summed E-state index contributed by atoms with van der Waals surface area (Å²) in [5, 5.41) is 8.92. The number of ether oxygens (including phenoxy) is 2. The predicted molar refractivity (Wildman–Crippen MR) is 160 cm³/mol. The second-order valence-corrected chi connectivity index (χ2v) is 10.7. The summed E-state index contributed by atoms with van der Waals surface area (Å²) in [6.07, 6.45) is 1.17. The van der Waals surface area contributed by atoms with Crippen LogP contribution < -0.4 is 4.74 Å². The minimum Gasteiger partial charge on any atom is -0.473 e. The third-order valence-corrected chi connectivity index (χ3v) is 7.88. The molecule has 0 N–H and O–H groups in total. The first-order valence-electron chi connectivity index (χ1n) is 14.4. The number of carbonyl (C=O) groups excluding carboxylic acids is 1. The molecule has 228 valence electrons. The zero-order valence-electron chi connectivity index (χ0n) is 24.4. The van der Waals surface area contributed by atoms with Crippen molar-refractivity contribution in [3.8, 4) is 23.2 Å². The lowest BCUT2D eigenvalue weighted by atomic mass is 10.0. The van der Waals surface area contributed by atoms with Crippen LogP contribution in [0.2, 0.25) is 0 Å². The maximum atomic E-state index is 15.6. The summed E-state index contributed by atoms with van der Waals surface area (Å²) in [6, 6.07) is 17.9. The van der Waals surface area contributed by atoms with E-state index >= 15 is 8.78 Å². The molecule has 1 saturated heterocycles. The molecule has 2 aromatic heterocycles. The van der Waals surface area contributed by atoms with Crippen molar-refractivity contribution in [2.24, 2.45) is 0 Å². The number of hydrogen-bond donors (Lipinski definition) is 0. The topological polar surface area (TPSA) is 93.3 Å². The van der Waals surface area contributed by atoms with Crippen LogP contribution in [0.4, 0.5) is 13.2 Å². The maximum absolute atomic E-state index is 15.6. The van der Waals surface area contributed by atoms with Crippen LogP contribution in [-0.2, 0) is 24.3 Å². The molecule has 1 aliphatic heterocycles. The van der Waals surface area contributed by atoms with Gasteiger partial charge in [0.1, 0.15) is 29.9 Å². The van der Waals surface area contributed by atoms with Crippen molar-refractivity contribution in [2.45, 2.75) is 26.0 Å². The molecular formula is C34H28F3N5O3. The van der Waals surface area contributed by atoms with Crippen molar-refractivity contribution < 1.29 is 27.4 Å². The Morgan fingerprint density at radius 3 is 2.49 bits per heavy atom. The Bertz CT molecular complexity index is 1950. The fraction of sp³-hybridized carbons (Fsp3) is 0.235. The second kappa shape index (κ2) is 12.8. The number of hydrogen-bond acceptors (Lipinski definition) is 7. The lowest BCUT2D eigenvalue weighted by Gasteiger charge is -2.31. The Hall–Kier alpha value is -5.21. The minimum absolute atomic E-state index is 0.0258. The summed E-state index contributed by atoms with van der Waals surface area (Å²) in [5.41, 5.74) is 2.35. The van der Waals surface area contributed by atoms with Crippen molar-refractivity contribution in [2.75, 3.05) is 26.7 Å². The molecule has 0 aliphatic carbocycles. The largest absolute Gasteiger partial charge is 0.473 e. The lowest BCUT2D eigenvalue weighted by molar-refractivity contribution is 0.0601. The van der Waals surface area contributed by atoms with Crippen LogP contribution >= 0.6 is 0 Å². The molecule has 0 unspecified atom stereocenters. The molecule has 1 fully saturated rings. The van der Waals surface area contributed by atoms with Crippen molar-refractivity contribution in [3.63, 3.8) is 0 Å². The quantitative estimate of drug-likeness (QED) is 0.178. The monoisotopic (exact) mass is 611 g/mol. The summed E-state index contributed by atoms with van der Waals surface area (Å²) in [6.45, 7) is 3.18. The summed E-state index contributed by atoms with van der Waals surface area (Å²) < 4.78 is 57.8. The number of esters is 1. The molecule has 5 aromatic rings. The molecule has 45 heavy (non-hydrogen) atoms. The summed E-state index contributed by atoms with van der Waals surface area (Å²) >= 11 is 0. The van der Waals surface area contributed by atoms with Crippen molar-refractivity contribution in [3.05, 3.63) is 112 Å². The van der Waals surface area contributed by atoms with Gasteiger partial charge in [0.25, 0.3) is 0 Å². The number of halogens is 3. The van der Waals surface area contributed by atoms with Gasteiger partial charge < -0.3 is 18.9 Å². The van der Waals surface area contributed by atoms with Crippen molar-refractivity contribution in [1.29, 1.82) is 5.26 Å². The van der Waals surface area contributed by atoms with E-state index in [4.69, 9.17) is 19.7 Å². The highest BCUT2D eigenvalue weighted by molar-refractivity contribution is 5.93. The van der Waals surface area contributed by atoms with E-state index in [-0.39, 0.29) is 46.9 Å². The van der Waals surface area contributed by atoms with E-state index in [2.05, 4.69) is 9.88 Å².